The van der Waals surface area contributed by atoms with Crippen LogP contribution in [0.3, 0.4) is 0 Å². The minimum Gasteiger partial charge on any atom is -0.497 e. The number of hydrogen-bond acceptors (Lipinski definition) is 5. The number of rotatable bonds is 6. The Morgan fingerprint density at radius 3 is 2.69 bits per heavy atom. The minimum atomic E-state index is -0.0743. The van der Waals surface area contributed by atoms with E-state index in [2.05, 4.69) is 40.6 Å². The average molecular weight is 382 g/mol. The van der Waals surface area contributed by atoms with Gasteiger partial charge in [-0.1, -0.05) is 54.6 Å². The normalized spacial score (nSPS) is 20.2. The van der Waals surface area contributed by atoms with Gasteiger partial charge in [0.05, 0.1) is 18.8 Å². The fourth-order valence-electron chi connectivity index (χ4n) is 3.41. The quantitative estimate of drug-likeness (QED) is 0.824. The molecule has 0 aliphatic carbocycles. The van der Waals surface area contributed by atoms with Crippen LogP contribution >= 0.6 is 0 Å². The molecule has 0 radical (unpaired) electrons. The van der Waals surface area contributed by atoms with Gasteiger partial charge in [0.25, 0.3) is 0 Å². The number of benzene rings is 2. The molecule has 2 aromatic carbocycles. The zero-order valence-electron chi connectivity index (χ0n) is 16.2. The first-order valence-corrected chi connectivity index (χ1v) is 9.52. The van der Waals surface area contributed by atoms with Crippen molar-refractivity contribution in [2.24, 2.45) is 4.99 Å². The van der Waals surface area contributed by atoms with E-state index in [0.717, 1.165) is 23.7 Å². The highest BCUT2D eigenvalue weighted by Gasteiger charge is 2.33. The SMILES string of the molecule is COc1ccc(/C=C/C2N=C3C=C(C#N)C=CN3C2NCc2ccccc2)cc1. The standard InChI is InChI=1S/C24H22N4O/c1-29-21-10-7-18(8-11-21)9-12-22-24(26-17-19-5-3-2-4-6-19)28-14-13-20(16-25)15-23(28)27-22/h2-15,22,24,26H,17H2,1H3/b12-9+. The first kappa shape index (κ1) is 18.7. The maximum Gasteiger partial charge on any atom is 0.130 e. The molecular formula is C24H22N4O. The van der Waals surface area contributed by atoms with E-state index in [1.54, 1.807) is 7.11 Å². The molecule has 0 aromatic heterocycles. The third-order valence-electron chi connectivity index (χ3n) is 4.96. The van der Waals surface area contributed by atoms with Crippen LogP contribution in [0.15, 0.2) is 89.6 Å². The lowest BCUT2D eigenvalue weighted by molar-refractivity contribution is 0.335. The van der Waals surface area contributed by atoms with Gasteiger partial charge in [-0.25, -0.2) is 0 Å². The van der Waals surface area contributed by atoms with Crippen molar-refractivity contribution in [1.82, 2.24) is 10.2 Å². The number of hydrogen-bond donors (Lipinski definition) is 1. The Kier molecular flexibility index (Phi) is 5.55. The third kappa shape index (κ3) is 4.29. The summed E-state index contributed by atoms with van der Waals surface area (Å²) in [5.41, 5.74) is 2.91. The lowest BCUT2D eigenvalue weighted by Crippen LogP contribution is -2.46. The van der Waals surface area contributed by atoms with Crippen LogP contribution in [-0.2, 0) is 6.54 Å². The molecule has 5 heteroatoms. The van der Waals surface area contributed by atoms with Crippen LogP contribution in [0.5, 0.6) is 5.75 Å². The fourth-order valence-corrected chi connectivity index (χ4v) is 3.41. The van der Waals surface area contributed by atoms with E-state index in [-0.39, 0.29) is 12.2 Å². The number of nitriles is 1. The molecule has 2 aliphatic rings. The second-order valence-electron chi connectivity index (χ2n) is 6.86. The second kappa shape index (κ2) is 8.59. The van der Waals surface area contributed by atoms with Crippen molar-refractivity contribution in [3.05, 3.63) is 95.7 Å². The zero-order chi connectivity index (χ0) is 20.1. The molecular weight excluding hydrogens is 360 g/mol. The van der Waals surface area contributed by atoms with Crippen LogP contribution in [0.2, 0.25) is 0 Å². The molecule has 2 unspecified atom stereocenters. The highest BCUT2D eigenvalue weighted by atomic mass is 16.5. The third-order valence-corrected chi connectivity index (χ3v) is 4.96. The molecule has 0 fully saturated rings. The Hall–Kier alpha value is -3.62. The highest BCUT2D eigenvalue weighted by molar-refractivity contribution is 5.98. The Labute approximate surface area is 170 Å². The molecule has 4 rings (SSSR count). The monoisotopic (exact) mass is 382 g/mol. The summed E-state index contributed by atoms with van der Waals surface area (Å²) < 4.78 is 5.22. The molecule has 29 heavy (non-hydrogen) atoms. The first-order valence-electron chi connectivity index (χ1n) is 9.52. The minimum absolute atomic E-state index is 0.0209. The van der Waals surface area contributed by atoms with E-state index >= 15 is 0 Å². The van der Waals surface area contributed by atoms with E-state index in [1.807, 2.05) is 60.8 Å². The summed E-state index contributed by atoms with van der Waals surface area (Å²) in [6, 6.07) is 20.3. The van der Waals surface area contributed by atoms with Gasteiger partial charge in [-0.3, -0.25) is 10.3 Å². The van der Waals surface area contributed by atoms with Crippen molar-refractivity contribution in [2.45, 2.75) is 18.8 Å². The zero-order valence-corrected chi connectivity index (χ0v) is 16.2. The molecule has 0 spiro atoms. The molecule has 1 N–H and O–H groups in total. The topological polar surface area (TPSA) is 60.6 Å². The number of methoxy groups -OCH3 is 1. The predicted octanol–water partition coefficient (Wildman–Crippen LogP) is 3.88. The molecule has 0 saturated carbocycles. The summed E-state index contributed by atoms with van der Waals surface area (Å²) in [6.45, 7) is 0.736. The molecule has 5 nitrogen and oxygen atoms in total. The summed E-state index contributed by atoms with van der Waals surface area (Å²) >= 11 is 0. The van der Waals surface area contributed by atoms with Gasteiger partial charge < -0.3 is 9.64 Å². The first-order chi connectivity index (χ1) is 14.3. The van der Waals surface area contributed by atoms with Gasteiger partial charge in [0, 0.05) is 12.7 Å². The van der Waals surface area contributed by atoms with Crippen molar-refractivity contribution in [3.63, 3.8) is 0 Å². The second-order valence-corrected chi connectivity index (χ2v) is 6.86. The van der Waals surface area contributed by atoms with Gasteiger partial charge >= 0.3 is 0 Å². The average Bonchev–Trinajstić information content (AvgIpc) is 3.13. The van der Waals surface area contributed by atoms with Crippen molar-refractivity contribution in [3.8, 4) is 11.8 Å². The van der Waals surface area contributed by atoms with E-state index in [4.69, 9.17) is 9.73 Å². The van der Waals surface area contributed by atoms with E-state index < -0.39 is 0 Å². The molecule has 0 amide bonds. The predicted molar refractivity (Wildman–Crippen MR) is 115 cm³/mol. The van der Waals surface area contributed by atoms with Gasteiger partial charge in [-0.15, -0.1) is 0 Å². The van der Waals surface area contributed by atoms with E-state index in [9.17, 15) is 5.26 Å². The lowest BCUT2D eigenvalue weighted by Gasteiger charge is -2.28. The van der Waals surface area contributed by atoms with Crippen molar-refractivity contribution < 1.29 is 4.74 Å². The smallest absolute Gasteiger partial charge is 0.130 e. The van der Waals surface area contributed by atoms with E-state index in [1.165, 1.54) is 5.56 Å². The maximum atomic E-state index is 9.21. The summed E-state index contributed by atoms with van der Waals surface area (Å²) in [5, 5.41) is 12.8. The van der Waals surface area contributed by atoms with Crippen LogP contribution in [0.1, 0.15) is 11.1 Å². The Balaban J connectivity index is 1.55. The number of aliphatic imine (C=N–C) groups is 1. The number of fused-ring (bicyclic) bond motifs is 1. The largest absolute Gasteiger partial charge is 0.497 e. The van der Waals surface area contributed by atoms with Crippen molar-refractivity contribution in [2.75, 3.05) is 7.11 Å². The van der Waals surface area contributed by atoms with Crippen molar-refractivity contribution >= 4 is 11.9 Å². The van der Waals surface area contributed by atoms with Gasteiger partial charge in [-0.05, 0) is 35.4 Å². The van der Waals surface area contributed by atoms with Crippen LogP contribution in [0.4, 0.5) is 0 Å². The van der Waals surface area contributed by atoms with Crippen LogP contribution in [-0.4, -0.2) is 30.1 Å². The molecule has 2 aliphatic heterocycles. The molecule has 2 atom stereocenters. The summed E-state index contributed by atoms with van der Waals surface area (Å²) in [7, 11) is 1.66. The van der Waals surface area contributed by atoms with Gasteiger partial charge in [0.15, 0.2) is 0 Å². The molecule has 2 heterocycles. The number of nitrogens with one attached hydrogen (secondary N) is 1. The van der Waals surface area contributed by atoms with Crippen LogP contribution in [0.25, 0.3) is 6.08 Å². The number of ether oxygens (including phenoxy) is 1. The van der Waals surface area contributed by atoms with Crippen LogP contribution in [0, 0.1) is 11.3 Å². The van der Waals surface area contributed by atoms with E-state index in [0.29, 0.717) is 5.57 Å². The van der Waals surface area contributed by atoms with Gasteiger partial charge in [0.1, 0.15) is 23.8 Å². The summed E-state index contributed by atoms with van der Waals surface area (Å²) in [5.74, 6) is 1.64. The number of nitrogens with zero attached hydrogens (tertiary/aromatic N) is 3. The van der Waals surface area contributed by atoms with Crippen LogP contribution < -0.4 is 10.1 Å². The molecule has 0 bridgehead atoms. The highest BCUT2D eigenvalue weighted by Crippen LogP contribution is 2.24. The van der Waals surface area contributed by atoms with Crippen molar-refractivity contribution in [1.29, 1.82) is 5.26 Å². The molecule has 144 valence electrons. The lowest BCUT2D eigenvalue weighted by atomic mass is 10.1. The number of allylic oxidation sites excluding steroid dienone is 2. The molecule has 2 aromatic rings. The fraction of sp³-hybridized carbons (Fsp3) is 0.167. The van der Waals surface area contributed by atoms with Gasteiger partial charge in [-0.2, -0.15) is 5.26 Å². The summed E-state index contributed by atoms with van der Waals surface area (Å²) in [4.78, 5) is 6.93. The Morgan fingerprint density at radius 2 is 1.97 bits per heavy atom. The number of amidine groups is 1. The summed E-state index contributed by atoms with van der Waals surface area (Å²) in [6.07, 6.45) is 9.74. The Bertz CT molecular complexity index is 1010. The molecule has 0 saturated heterocycles. The Morgan fingerprint density at radius 1 is 1.17 bits per heavy atom. The maximum absolute atomic E-state index is 9.21. The van der Waals surface area contributed by atoms with Gasteiger partial charge in [0.2, 0.25) is 0 Å².